The summed E-state index contributed by atoms with van der Waals surface area (Å²) in [6, 6.07) is 6.80. The third-order valence-electron chi connectivity index (χ3n) is 7.50. The number of amides is 2. The van der Waals surface area contributed by atoms with Gasteiger partial charge in [-0.1, -0.05) is 0 Å². The van der Waals surface area contributed by atoms with Crippen LogP contribution in [0, 0.1) is 5.82 Å². The lowest BCUT2D eigenvalue weighted by Crippen LogP contribution is -2.38. The normalized spacial score (nSPS) is 19.1. The van der Waals surface area contributed by atoms with Crippen molar-refractivity contribution in [3.8, 4) is 5.75 Å². The molecule has 2 saturated heterocycles. The van der Waals surface area contributed by atoms with Gasteiger partial charge < -0.3 is 19.5 Å². The number of fused-ring (bicyclic) bond motifs is 1. The highest BCUT2D eigenvalue weighted by molar-refractivity contribution is 5.94. The molecule has 0 saturated carbocycles. The van der Waals surface area contributed by atoms with Gasteiger partial charge in [0, 0.05) is 61.2 Å². The lowest BCUT2D eigenvalue weighted by Gasteiger charge is -2.32. The van der Waals surface area contributed by atoms with Crippen LogP contribution in [-0.4, -0.2) is 64.1 Å². The van der Waals surface area contributed by atoms with Crippen LogP contribution in [0.4, 0.5) is 17.6 Å². The van der Waals surface area contributed by atoms with E-state index in [0.29, 0.717) is 43.7 Å². The molecule has 3 aromatic rings. The second kappa shape index (κ2) is 10.3. The SMILES string of the molecule is CC(=O)N1CCCC(c2cc3c(C4CCN(C(=O)c5ccc(OC(F)(F)F)cc5)CC4)c(F)cnc3[nH]2)C1. The molecule has 7 nitrogen and oxygen atoms in total. The quantitative estimate of drug-likeness (QED) is 0.460. The number of alkyl halides is 3. The molecule has 0 radical (unpaired) electrons. The molecule has 0 aliphatic carbocycles. The van der Waals surface area contributed by atoms with E-state index >= 15 is 4.39 Å². The number of rotatable bonds is 4. The zero-order valence-electron chi connectivity index (χ0n) is 20.9. The van der Waals surface area contributed by atoms with Crippen LogP contribution >= 0.6 is 0 Å². The first-order valence-corrected chi connectivity index (χ1v) is 12.7. The number of hydrogen-bond acceptors (Lipinski definition) is 4. The third-order valence-corrected chi connectivity index (χ3v) is 7.50. The largest absolute Gasteiger partial charge is 0.573 e. The van der Waals surface area contributed by atoms with E-state index in [1.54, 1.807) is 11.8 Å². The maximum Gasteiger partial charge on any atom is 0.573 e. The topological polar surface area (TPSA) is 78.5 Å². The standard InChI is InChI=1S/C27H28F4N4O3/c1-16(36)35-10-2-3-19(15-35)23-13-21-24(22(28)14-32-25(21)33-23)17-8-11-34(12-9-17)26(37)18-4-6-20(7-5-18)38-27(29,30)31/h4-7,13-14,17,19H,2-3,8-12,15H2,1H3,(H,32,33). The van der Waals surface area contributed by atoms with Crippen molar-refractivity contribution in [2.45, 2.75) is 50.8 Å². The smallest absolute Gasteiger partial charge is 0.406 e. The Bertz CT molecular complexity index is 1330. The molecule has 2 aliphatic heterocycles. The summed E-state index contributed by atoms with van der Waals surface area (Å²) in [6.07, 6.45) is -0.662. The molecule has 2 fully saturated rings. The summed E-state index contributed by atoms with van der Waals surface area (Å²) in [5.74, 6) is -1.01. The number of nitrogens with zero attached hydrogens (tertiary/aromatic N) is 3. The van der Waals surface area contributed by atoms with E-state index in [2.05, 4.69) is 14.7 Å². The minimum Gasteiger partial charge on any atom is -0.406 e. The van der Waals surface area contributed by atoms with Crippen LogP contribution in [0.5, 0.6) is 5.75 Å². The Morgan fingerprint density at radius 2 is 1.74 bits per heavy atom. The van der Waals surface area contributed by atoms with Crippen molar-refractivity contribution in [2.75, 3.05) is 26.2 Å². The molecule has 2 aromatic heterocycles. The molecule has 1 aromatic carbocycles. The number of carbonyl (C=O) groups excluding carboxylic acids is 2. The Kier molecular flexibility index (Phi) is 7.02. The van der Waals surface area contributed by atoms with Gasteiger partial charge in [-0.05, 0) is 61.9 Å². The van der Waals surface area contributed by atoms with Crippen molar-refractivity contribution in [1.29, 1.82) is 0 Å². The number of aromatic amines is 1. The Morgan fingerprint density at radius 1 is 1.03 bits per heavy atom. The van der Waals surface area contributed by atoms with Crippen LogP contribution in [0.2, 0.25) is 0 Å². The number of benzene rings is 1. The average molecular weight is 533 g/mol. The fraction of sp³-hybridized carbons (Fsp3) is 0.444. The van der Waals surface area contributed by atoms with Crippen LogP contribution < -0.4 is 4.74 Å². The Labute approximate surface area is 216 Å². The summed E-state index contributed by atoms with van der Waals surface area (Å²) < 4.78 is 56.1. The molecule has 5 rings (SSSR count). The van der Waals surface area contributed by atoms with Crippen molar-refractivity contribution in [3.05, 3.63) is 59.2 Å². The number of piperidine rings is 2. The van der Waals surface area contributed by atoms with E-state index in [-0.39, 0.29) is 35.0 Å². The summed E-state index contributed by atoms with van der Waals surface area (Å²) in [6.45, 7) is 3.70. The minimum atomic E-state index is -4.80. The number of aromatic nitrogens is 2. The van der Waals surface area contributed by atoms with Gasteiger partial charge in [-0.2, -0.15) is 0 Å². The van der Waals surface area contributed by atoms with Gasteiger partial charge in [0.05, 0.1) is 6.20 Å². The van der Waals surface area contributed by atoms with Crippen LogP contribution in [0.3, 0.4) is 0 Å². The van der Waals surface area contributed by atoms with Gasteiger partial charge in [0.25, 0.3) is 5.91 Å². The first-order valence-electron chi connectivity index (χ1n) is 12.7. The molecule has 202 valence electrons. The number of pyridine rings is 1. The van der Waals surface area contributed by atoms with Crippen molar-refractivity contribution < 1.29 is 31.9 Å². The zero-order chi connectivity index (χ0) is 27.0. The van der Waals surface area contributed by atoms with Gasteiger partial charge in [-0.25, -0.2) is 9.37 Å². The summed E-state index contributed by atoms with van der Waals surface area (Å²) in [5, 5.41) is 0.727. The lowest BCUT2D eigenvalue weighted by atomic mass is 9.87. The number of ether oxygens (including phenoxy) is 1. The summed E-state index contributed by atoms with van der Waals surface area (Å²) in [7, 11) is 0. The van der Waals surface area contributed by atoms with E-state index in [9.17, 15) is 22.8 Å². The number of halogens is 4. The molecule has 1 N–H and O–H groups in total. The Hall–Kier alpha value is -3.63. The van der Waals surface area contributed by atoms with E-state index in [0.717, 1.165) is 42.6 Å². The predicted molar refractivity (Wildman–Crippen MR) is 131 cm³/mol. The molecular formula is C27H28F4N4O3. The van der Waals surface area contributed by atoms with Gasteiger partial charge in [0.15, 0.2) is 0 Å². The minimum absolute atomic E-state index is 0.0440. The van der Waals surface area contributed by atoms with Crippen molar-refractivity contribution in [1.82, 2.24) is 19.8 Å². The lowest BCUT2D eigenvalue weighted by molar-refractivity contribution is -0.274. The van der Waals surface area contributed by atoms with Gasteiger partial charge >= 0.3 is 6.36 Å². The second-order valence-corrected chi connectivity index (χ2v) is 9.95. The van der Waals surface area contributed by atoms with Gasteiger partial charge in [-0.15, -0.1) is 13.2 Å². The first-order chi connectivity index (χ1) is 18.1. The highest BCUT2D eigenvalue weighted by Crippen LogP contribution is 2.37. The number of carbonyl (C=O) groups is 2. The third kappa shape index (κ3) is 5.46. The first kappa shape index (κ1) is 26.0. The summed E-state index contributed by atoms with van der Waals surface area (Å²) in [5.41, 5.74) is 2.39. The maximum atomic E-state index is 15.1. The van der Waals surface area contributed by atoms with E-state index in [1.165, 1.54) is 18.3 Å². The predicted octanol–water partition coefficient (Wildman–Crippen LogP) is 5.35. The molecule has 2 aliphatic rings. The number of likely N-dealkylation sites (tertiary alicyclic amines) is 2. The Balaban J connectivity index is 1.29. The molecule has 2 amide bonds. The van der Waals surface area contributed by atoms with Crippen molar-refractivity contribution in [3.63, 3.8) is 0 Å². The molecule has 1 unspecified atom stereocenters. The fourth-order valence-electron chi connectivity index (χ4n) is 5.60. The summed E-state index contributed by atoms with van der Waals surface area (Å²) >= 11 is 0. The highest BCUT2D eigenvalue weighted by atomic mass is 19.4. The monoisotopic (exact) mass is 532 g/mol. The average Bonchev–Trinajstić information content (AvgIpc) is 3.32. The zero-order valence-corrected chi connectivity index (χ0v) is 20.9. The molecule has 38 heavy (non-hydrogen) atoms. The van der Waals surface area contributed by atoms with Gasteiger partial charge in [-0.3, -0.25) is 9.59 Å². The molecule has 4 heterocycles. The number of hydrogen-bond donors (Lipinski definition) is 1. The number of H-pyrrole nitrogens is 1. The van der Waals surface area contributed by atoms with E-state index in [1.807, 2.05) is 11.0 Å². The van der Waals surface area contributed by atoms with Gasteiger partial charge in [0.2, 0.25) is 5.91 Å². The molecule has 0 spiro atoms. The second-order valence-electron chi connectivity index (χ2n) is 9.95. The molecule has 11 heteroatoms. The van der Waals surface area contributed by atoms with E-state index < -0.39 is 12.1 Å². The van der Waals surface area contributed by atoms with Crippen LogP contribution in [0.1, 0.15) is 66.1 Å². The van der Waals surface area contributed by atoms with Crippen molar-refractivity contribution >= 4 is 22.8 Å². The van der Waals surface area contributed by atoms with Crippen LogP contribution in [0.25, 0.3) is 11.0 Å². The molecule has 1 atom stereocenters. The Morgan fingerprint density at radius 3 is 2.39 bits per heavy atom. The maximum absolute atomic E-state index is 15.1. The van der Waals surface area contributed by atoms with Crippen LogP contribution in [0.15, 0.2) is 36.5 Å². The molecular weight excluding hydrogens is 504 g/mol. The number of nitrogens with one attached hydrogen (secondary N) is 1. The van der Waals surface area contributed by atoms with Gasteiger partial charge in [0.1, 0.15) is 17.2 Å². The van der Waals surface area contributed by atoms with Crippen molar-refractivity contribution in [2.24, 2.45) is 0 Å². The van der Waals surface area contributed by atoms with Crippen LogP contribution in [-0.2, 0) is 4.79 Å². The summed E-state index contributed by atoms with van der Waals surface area (Å²) in [4.78, 5) is 35.8. The highest BCUT2D eigenvalue weighted by Gasteiger charge is 2.32. The van der Waals surface area contributed by atoms with E-state index in [4.69, 9.17) is 0 Å². The molecule has 0 bridgehead atoms. The fourth-order valence-corrected chi connectivity index (χ4v) is 5.60.